The van der Waals surface area contributed by atoms with Gasteiger partial charge in [-0.1, -0.05) is 18.2 Å². The third-order valence-corrected chi connectivity index (χ3v) is 5.26. The molecule has 0 aromatic heterocycles. The van der Waals surface area contributed by atoms with Crippen molar-refractivity contribution in [2.24, 2.45) is 5.92 Å². The lowest BCUT2D eigenvalue weighted by Gasteiger charge is -2.39. The Hall–Kier alpha value is -0.920. The molecule has 0 bridgehead atoms. The van der Waals surface area contributed by atoms with Crippen molar-refractivity contribution >= 4 is 30.7 Å². The lowest BCUT2D eigenvalue weighted by molar-refractivity contribution is -0.140. The van der Waals surface area contributed by atoms with Gasteiger partial charge in [-0.25, -0.2) is 4.39 Å². The van der Waals surface area contributed by atoms with Crippen molar-refractivity contribution in [3.05, 3.63) is 35.6 Å². The molecule has 154 valence electrons. The van der Waals surface area contributed by atoms with Crippen LogP contribution in [0.1, 0.15) is 24.4 Å². The van der Waals surface area contributed by atoms with Crippen molar-refractivity contribution in [1.29, 1.82) is 0 Å². The smallest absolute Gasteiger partial charge is 0.244 e. The zero-order chi connectivity index (χ0) is 17.6. The molecule has 2 fully saturated rings. The Balaban J connectivity index is 0.00000182. The number of halogens is 3. The van der Waals surface area contributed by atoms with Crippen LogP contribution >= 0.6 is 24.8 Å². The van der Waals surface area contributed by atoms with Crippen LogP contribution in [0.4, 0.5) is 4.39 Å². The number of nitrogens with one attached hydrogen (secondary N) is 1. The Labute approximate surface area is 173 Å². The number of nitrogens with zero attached hydrogens (tertiary/aromatic N) is 2. The average molecular weight is 422 g/mol. The molecule has 0 radical (unpaired) electrons. The van der Waals surface area contributed by atoms with Gasteiger partial charge < -0.3 is 15.0 Å². The van der Waals surface area contributed by atoms with E-state index in [2.05, 4.69) is 10.2 Å². The summed E-state index contributed by atoms with van der Waals surface area (Å²) in [6.07, 6.45) is 2.00. The zero-order valence-corrected chi connectivity index (χ0v) is 17.4. The molecule has 1 aromatic rings. The number of amides is 1. The Morgan fingerprint density at radius 2 is 1.81 bits per heavy atom. The van der Waals surface area contributed by atoms with Gasteiger partial charge in [0.25, 0.3) is 0 Å². The van der Waals surface area contributed by atoms with Gasteiger partial charge in [-0.3, -0.25) is 9.69 Å². The molecular formula is C19H30Cl2FN3O2. The van der Waals surface area contributed by atoms with Crippen LogP contribution in [0.5, 0.6) is 0 Å². The summed E-state index contributed by atoms with van der Waals surface area (Å²) in [7, 11) is 1.96. The minimum atomic E-state index is -0.550. The molecule has 27 heavy (non-hydrogen) atoms. The van der Waals surface area contributed by atoms with Crippen LogP contribution in [0.25, 0.3) is 0 Å². The summed E-state index contributed by atoms with van der Waals surface area (Å²) < 4.78 is 19.9. The van der Waals surface area contributed by atoms with Crippen molar-refractivity contribution in [3.63, 3.8) is 0 Å². The summed E-state index contributed by atoms with van der Waals surface area (Å²) in [4.78, 5) is 17.3. The van der Waals surface area contributed by atoms with Crippen LogP contribution in [-0.2, 0) is 9.53 Å². The Kier molecular flexibility index (Phi) is 10.6. The number of hydrogen-bond acceptors (Lipinski definition) is 4. The molecule has 0 aliphatic carbocycles. The van der Waals surface area contributed by atoms with Crippen LogP contribution in [0, 0.1) is 11.7 Å². The first-order valence-electron chi connectivity index (χ1n) is 9.20. The van der Waals surface area contributed by atoms with E-state index in [1.165, 1.54) is 6.07 Å². The van der Waals surface area contributed by atoms with E-state index in [0.29, 0.717) is 37.8 Å². The van der Waals surface area contributed by atoms with Crippen LogP contribution < -0.4 is 5.32 Å². The average Bonchev–Trinajstić information content (AvgIpc) is 2.65. The lowest BCUT2D eigenvalue weighted by Crippen LogP contribution is -2.49. The number of ether oxygens (including phenoxy) is 1. The number of carbonyl (C=O) groups is 1. The SMILES string of the molecule is CNCC1CCN(C(=O)C(c2ccccc2F)N2CCOCC2)CC1.Cl.Cl. The molecule has 2 aliphatic heterocycles. The number of piperidine rings is 1. The second-order valence-electron chi connectivity index (χ2n) is 6.90. The van der Waals surface area contributed by atoms with Gasteiger partial charge in [0.15, 0.2) is 0 Å². The van der Waals surface area contributed by atoms with Gasteiger partial charge in [-0.15, -0.1) is 24.8 Å². The summed E-state index contributed by atoms with van der Waals surface area (Å²) in [5, 5.41) is 3.21. The second-order valence-corrected chi connectivity index (χ2v) is 6.90. The van der Waals surface area contributed by atoms with Crippen molar-refractivity contribution in [3.8, 4) is 0 Å². The molecule has 3 rings (SSSR count). The monoisotopic (exact) mass is 421 g/mol. The Morgan fingerprint density at radius 3 is 2.41 bits per heavy atom. The molecule has 8 heteroatoms. The molecule has 1 aromatic carbocycles. The van der Waals surface area contributed by atoms with Gasteiger partial charge in [0, 0.05) is 31.7 Å². The fourth-order valence-electron chi connectivity index (χ4n) is 3.84. The van der Waals surface area contributed by atoms with E-state index in [1.807, 2.05) is 11.9 Å². The lowest BCUT2D eigenvalue weighted by atomic mass is 9.95. The maximum absolute atomic E-state index is 14.4. The fraction of sp³-hybridized carbons (Fsp3) is 0.632. The van der Waals surface area contributed by atoms with Crippen LogP contribution in [0.2, 0.25) is 0 Å². The number of benzene rings is 1. The van der Waals surface area contributed by atoms with E-state index in [1.54, 1.807) is 18.2 Å². The minimum Gasteiger partial charge on any atom is -0.379 e. The molecule has 1 atom stereocenters. The van der Waals surface area contributed by atoms with Crippen LogP contribution in [0.3, 0.4) is 0 Å². The zero-order valence-electron chi connectivity index (χ0n) is 15.7. The number of carbonyl (C=O) groups excluding carboxylic acids is 1. The molecule has 1 unspecified atom stereocenters. The summed E-state index contributed by atoms with van der Waals surface area (Å²) in [6.45, 7) is 4.97. The summed E-state index contributed by atoms with van der Waals surface area (Å²) >= 11 is 0. The molecule has 2 heterocycles. The van der Waals surface area contributed by atoms with Gasteiger partial charge in [0.2, 0.25) is 5.91 Å². The van der Waals surface area contributed by atoms with E-state index >= 15 is 0 Å². The fourth-order valence-corrected chi connectivity index (χ4v) is 3.84. The first kappa shape index (κ1) is 24.1. The number of morpholine rings is 1. The highest BCUT2D eigenvalue weighted by Crippen LogP contribution is 2.28. The summed E-state index contributed by atoms with van der Waals surface area (Å²) in [6, 6.07) is 6.10. The standard InChI is InChI=1S/C19H28FN3O2.2ClH/c1-21-14-15-6-8-23(9-7-15)19(24)18(22-10-12-25-13-11-22)16-4-2-3-5-17(16)20;;/h2-5,15,18,21H,6-14H2,1H3;2*1H. The van der Waals surface area contributed by atoms with Gasteiger partial charge in [-0.2, -0.15) is 0 Å². The van der Waals surface area contributed by atoms with Crippen molar-refractivity contribution in [2.45, 2.75) is 18.9 Å². The van der Waals surface area contributed by atoms with Crippen LogP contribution in [-0.4, -0.2) is 68.7 Å². The van der Waals surface area contributed by atoms with Crippen molar-refractivity contribution in [2.75, 3.05) is 53.0 Å². The van der Waals surface area contributed by atoms with E-state index in [0.717, 1.165) is 32.5 Å². The second kappa shape index (κ2) is 11.8. The van der Waals surface area contributed by atoms with Gasteiger partial charge >= 0.3 is 0 Å². The molecule has 1 N–H and O–H groups in total. The molecule has 0 spiro atoms. The predicted octanol–water partition coefficient (Wildman–Crippen LogP) is 2.50. The summed E-state index contributed by atoms with van der Waals surface area (Å²) in [5.41, 5.74) is 0.478. The first-order chi connectivity index (χ1) is 12.2. The van der Waals surface area contributed by atoms with Crippen molar-refractivity contribution in [1.82, 2.24) is 15.1 Å². The van der Waals surface area contributed by atoms with Gasteiger partial charge in [-0.05, 0) is 38.4 Å². The topological polar surface area (TPSA) is 44.8 Å². The van der Waals surface area contributed by atoms with Gasteiger partial charge in [0.05, 0.1) is 13.2 Å². The van der Waals surface area contributed by atoms with Crippen LogP contribution in [0.15, 0.2) is 24.3 Å². The Morgan fingerprint density at radius 1 is 1.19 bits per heavy atom. The quantitative estimate of drug-likeness (QED) is 0.792. The third kappa shape index (κ3) is 6.03. The van der Waals surface area contributed by atoms with Crippen molar-refractivity contribution < 1.29 is 13.9 Å². The molecule has 2 aliphatic rings. The normalized spacial score (nSPS) is 19.7. The van der Waals surface area contributed by atoms with E-state index in [9.17, 15) is 9.18 Å². The highest BCUT2D eigenvalue weighted by molar-refractivity contribution is 5.85. The maximum Gasteiger partial charge on any atom is 0.244 e. The highest BCUT2D eigenvalue weighted by atomic mass is 35.5. The first-order valence-corrected chi connectivity index (χ1v) is 9.20. The molecule has 5 nitrogen and oxygen atoms in total. The van der Waals surface area contributed by atoms with Gasteiger partial charge in [0.1, 0.15) is 11.9 Å². The largest absolute Gasteiger partial charge is 0.379 e. The minimum absolute atomic E-state index is 0. The van der Waals surface area contributed by atoms with E-state index in [4.69, 9.17) is 4.74 Å². The molecule has 2 saturated heterocycles. The van der Waals surface area contributed by atoms with E-state index in [-0.39, 0.29) is 36.5 Å². The number of likely N-dealkylation sites (tertiary alicyclic amines) is 1. The Bertz CT molecular complexity index is 580. The molecule has 1 amide bonds. The molecular weight excluding hydrogens is 392 g/mol. The maximum atomic E-state index is 14.4. The highest BCUT2D eigenvalue weighted by Gasteiger charge is 2.35. The number of hydrogen-bond donors (Lipinski definition) is 1. The predicted molar refractivity (Wildman–Crippen MR) is 109 cm³/mol. The van der Waals surface area contributed by atoms with E-state index < -0.39 is 6.04 Å². The summed E-state index contributed by atoms with van der Waals surface area (Å²) in [5.74, 6) is 0.330. The number of rotatable bonds is 5. The third-order valence-electron chi connectivity index (χ3n) is 5.26. The molecule has 0 saturated carbocycles.